The first kappa shape index (κ1) is 16.7. The summed E-state index contributed by atoms with van der Waals surface area (Å²) >= 11 is 0. The third-order valence-electron chi connectivity index (χ3n) is 5.01. The SMILES string of the molecule is CCN1C(=O)C[C@@H](CNCc2cnc3cnccn23)[C@@H]1c1cccnc1. The van der Waals surface area contributed by atoms with E-state index in [1.807, 2.05) is 40.9 Å². The number of imidazole rings is 1. The van der Waals surface area contributed by atoms with Crippen LogP contribution in [0.5, 0.6) is 0 Å². The Morgan fingerprint density at radius 1 is 1.23 bits per heavy atom. The number of aromatic nitrogens is 4. The van der Waals surface area contributed by atoms with Crippen molar-refractivity contribution in [2.24, 2.45) is 5.92 Å². The zero-order valence-electron chi connectivity index (χ0n) is 14.7. The van der Waals surface area contributed by atoms with Crippen LogP contribution in [0.4, 0.5) is 0 Å². The largest absolute Gasteiger partial charge is 0.336 e. The second-order valence-electron chi connectivity index (χ2n) is 6.56. The van der Waals surface area contributed by atoms with Crippen molar-refractivity contribution in [1.82, 2.24) is 29.6 Å². The standard InChI is InChI=1S/C19H22N6O/c1-2-24-18(26)8-15(19(24)14-4-3-5-20-9-14)10-22-11-16-12-23-17-13-21-6-7-25(16)17/h3-7,9,12-13,15,19,22H,2,8,10-11H2,1H3/t15-,19-/m0/s1. The quantitative estimate of drug-likeness (QED) is 0.734. The first-order chi connectivity index (χ1) is 12.8. The van der Waals surface area contributed by atoms with Gasteiger partial charge in [0.2, 0.25) is 5.91 Å². The molecule has 0 bridgehead atoms. The Labute approximate surface area is 152 Å². The number of fused-ring (bicyclic) bond motifs is 1. The van der Waals surface area contributed by atoms with Crippen LogP contribution in [0.2, 0.25) is 0 Å². The van der Waals surface area contributed by atoms with E-state index in [1.54, 1.807) is 18.6 Å². The fourth-order valence-electron chi connectivity index (χ4n) is 3.83. The van der Waals surface area contributed by atoms with Crippen molar-refractivity contribution in [3.05, 3.63) is 60.6 Å². The fourth-order valence-corrected chi connectivity index (χ4v) is 3.83. The molecule has 1 saturated heterocycles. The number of likely N-dealkylation sites (tertiary alicyclic amines) is 1. The maximum Gasteiger partial charge on any atom is 0.223 e. The highest BCUT2D eigenvalue weighted by atomic mass is 16.2. The monoisotopic (exact) mass is 350 g/mol. The van der Waals surface area contributed by atoms with Crippen molar-refractivity contribution in [3.8, 4) is 0 Å². The van der Waals surface area contributed by atoms with Crippen molar-refractivity contribution < 1.29 is 4.79 Å². The van der Waals surface area contributed by atoms with Crippen LogP contribution in [0.25, 0.3) is 5.65 Å². The molecule has 1 fully saturated rings. The molecule has 0 aliphatic carbocycles. The number of nitrogens with zero attached hydrogens (tertiary/aromatic N) is 5. The molecule has 0 aromatic carbocycles. The number of hydrogen-bond donors (Lipinski definition) is 1. The molecule has 7 heteroatoms. The van der Waals surface area contributed by atoms with E-state index < -0.39 is 0 Å². The molecule has 0 radical (unpaired) electrons. The summed E-state index contributed by atoms with van der Waals surface area (Å²) in [5.41, 5.74) is 3.02. The van der Waals surface area contributed by atoms with Crippen LogP contribution in [-0.2, 0) is 11.3 Å². The molecule has 0 unspecified atom stereocenters. The lowest BCUT2D eigenvalue weighted by atomic mass is 9.94. The van der Waals surface area contributed by atoms with Gasteiger partial charge in [-0.25, -0.2) is 4.98 Å². The summed E-state index contributed by atoms with van der Waals surface area (Å²) in [5, 5.41) is 3.51. The summed E-state index contributed by atoms with van der Waals surface area (Å²) in [7, 11) is 0. The zero-order chi connectivity index (χ0) is 17.9. The van der Waals surface area contributed by atoms with E-state index in [0.29, 0.717) is 13.0 Å². The molecular weight excluding hydrogens is 328 g/mol. The molecule has 0 saturated carbocycles. The van der Waals surface area contributed by atoms with E-state index in [1.165, 1.54) is 0 Å². The van der Waals surface area contributed by atoms with Gasteiger partial charge in [0.05, 0.1) is 24.1 Å². The Balaban J connectivity index is 1.47. The number of carbonyl (C=O) groups is 1. The van der Waals surface area contributed by atoms with Gasteiger partial charge >= 0.3 is 0 Å². The highest BCUT2D eigenvalue weighted by Crippen LogP contribution is 2.37. The molecule has 134 valence electrons. The van der Waals surface area contributed by atoms with Crippen molar-refractivity contribution in [2.45, 2.75) is 25.9 Å². The fraction of sp³-hybridized carbons (Fsp3) is 0.368. The van der Waals surface area contributed by atoms with Crippen LogP contribution in [0.15, 0.2) is 49.3 Å². The van der Waals surface area contributed by atoms with Crippen LogP contribution >= 0.6 is 0 Å². The minimum atomic E-state index is 0.0834. The lowest BCUT2D eigenvalue weighted by molar-refractivity contribution is -0.128. The number of carbonyl (C=O) groups excluding carboxylic acids is 1. The number of nitrogens with one attached hydrogen (secondary N) is 1. The average Bonchev–Trinajstić information content (AvgIpc) is 3.23. The molecule has 0 spiro atoms. The predicted molar refractivity (Wildman–Crippen MR) is 97.2 cm³/mol. The van der Waals surface area contributed by atoms with E-state index in [2.05, 4.69) is 26.3 Å². The Hall–Kier alpha value is -2.80. The van der Waals surface area contributed by atoms with Gasteiger partial charge in [0.15, 0.2) is 5.65 Å². The van der Waals surface area contributed by atoms with E-state index in [4.69, 9.17) is 0 Å². The van der Waals surface area contributed by atoms with Crippen molar-refractivity contribution in [3.63, 3.8) is 0 Å². The molecule has 3 aromatic rings. The molecule has 1 aliphatic heterocycles. The lowest BCUT2D eigenvalue weighted by Gasteiger charge is -2.27. The third-order valence-corrected chi connectivity index (χ3v) is 5.01. The number of rotatable bonds is 6. The normalized spacial score (nSPS) is 20.2. The smallest absolute Gasteiger partial charge is 0.223 e. The summed E-state index contributed by atoms with van der Waals surface area (Å²) < 4.78 is 2.02. The van der Waals surface area contributed by atoms with Gasteiger partial charge < -0.3 is 10.2 Å². The first-order valence-electron chi connectivity index (χ1n) is 8.94. The Morgan fingerprint density at radius 3 is 2.92 bits per heavy atom. The molecule has 26 heavy (non-hydrogen) atoms. The van der Waals surface area contributed by atoms with E-state index in [-0.39, 0.29) is 17.9 Å². The topological polar surface area (TPSA) is 75.4 Å². The number of pyridine rings is 1. The molecular formula is C19H22N6O. The molecule has 1 amide bonds. The van der Waals surface area contributed by atoms with Gasteiger partial charge in [0.25, 0.3) is 0 Å². The Bertz CT molecular complexity index is 893. The molecule has 4 heterocycles. The van der Waals surface area contributed by atoms with Crippen molar-refractivity contribution in [2.75, 3.05) is 13.1 Å². The van der Waals surface area contributed by atoms with Gasteiger partial charge in [-0.2, -0.15) is 0 Å². The van der Waals surface area contributed by atoms with Crippen molar-refractivity contribution >= 4 is 11.6 Å². The lowest BCUT2D eigenvalue weighted by Crippen LogP contribution is -2.31. The van der Waals surface area contributed by atoms with Crippen LogP contribution in [0.3, 0.4) is 0 Å². The highest BCUT2D eigenvalue weighted by molar-refractivity contribution is 5.79. The summed E-state index contributed by atoms with van der Waals surface area (Å²) in [5.74, 6) is 0.446. The maximum atomic E-state index is 12.4. The average molecular weight is 350 g/mol. The molecule has 7 nitrogen and oxygen atoms in total. The highest BCUT2D eigenvalue weighted by Gasteiger charge is 2.39. The van der Waals surface area contributed by atoms with Gasteiger partial charge in [-0.1, -0.05) is 6.07 Å². The maximum absolute atomic E-state index is 12.4. The van der Waals surface area contributed by atoms with Gasteiger partial charge in [0, 0.05) is 56.8 Å². The van der Waals surface area contributed by atoms with Gasteiger partial charge in [0.1, 0.15) is 0 Å². The van der Waals surface area contributed by atoms with Crippen LogP contribution in [0.1, 0.15) is 30.6 Å². The second kappa shape index (κ2) is 7.21. The zero-order valence-corrected chi connectivity index (χ0v) is 14.7. The van der Waals surface area contributed by atoms with Crippen LogP contribution < -0.4 is 5.32 Å². The Morgan fingerprint density at radius 2 is 2.12 bits per heavy atom. The van der Waals surface area contributed by atoms with Crippen molar-refractivity contribution in [1.29, 1.82) is 0 Å². The summed E-state index contributed by atoms with van der Waals surface area (Å²) in [4.78, 5) is 27.1. The van der Waals surface area contributed by atoms with E-state index in [9.17, 15) is 4.79 Å². The summed E-state index contributed by atoms with van der Waals surface area (Å²) in [6.45, 7) is 4.21. The number of hydrogen-bond acceptors (Lipinski definition) is 5. The van der Waals surface area contributed by atoms with Gasteiger partial charge in [-0.15, -0.1) is 0 Å². The summed E-state index contributed by atoms with van der Waals surface area (Å²) in [6, 6.07) is 4.08. The molecule has 3 aromatic heterocycles. The molecule has 4 rings (SSSR count). The van der Waals surface area contributed by atoms with Crippen LogP contribution in [0, 0.1) is 5.92 Å². The molecule has 1 aliphatic rings. The first-order valence-corrected chi connectivity index (χ1v) is 8.94. The summed E-state index contributed by atoms with van der Waals surface area (Å²) in [6.07, 6.45) is 11.5. The second-order valence-corrected chi connectivity index (χ2v) is 6.56. The molecule has 1 N–H and O–H groups in total. The van der Waals surface area contributed by atoms with Gasteiger partial charge in [-0.05, 0) is 18.6 Å². The van der Waals surface area contributed by atoms with E-state index in [0.717, 1.165) is 30.0 Å². The predicted octanol–water partition coefficient (Wildman–Crippen LogP) is 1.82. The Kier molecular flexibility index (Phi) is 4.62. The number of amides is 1. The minimum Gasteiger partial charge on any atom is -0.336 e. The third kappa shape index (κ3) is 3.06. The molecule has 2 atom stereocenters. The minimum absolute atomic E-state index is 0.0834. The van der Waals surface area contributed by atoms with E-state index >= 15 is 0 Å². The van der Waals surface area contributed by atoms with Gasteiger partial charge in [-0.3, -0.25) is 19.2 Å². The van der Waals surface area contributed by atoms with Crippen LogP contribution in [-0.4, -0.2) is 43.2 Å².